The van der Waals surface area contributed by atoms with Crippen LogP contribution in [-0.2, 0) is 13.0 Å². The van der Waals surface area contributed by atoms with Gasteiger partial charge in [0.1, 0.15) is 17.4 Å². The predicted molar refractivity (Wildman–Crippen MR) is 93.8 cm³/mol. The molecule has 2 aliphatic rings. The zero-order chi connectivity index (χ0) is 17.2. The fourth-order valence-electron chi connectivity index (χ4n) is 3.89. The van der Waals surface area contributed by atoms with Gasteiger partial charge >= 0.3 is 0 Å². The molecule has 0 radical (unpaired) electrons. The van der Waals surface area contributed by atoms with Crippen LogP contribution in [0.3, 0.4) is 0 Å². The van der Waals surface area contributed by atoms with Crippen molar-refractivity contribution in [1.82, 2.24) is 19.7 Å². The summed E-state index contributed by atoms with van der Waals surface area (Å²) in [4.78, 5) is 14.8. The largest absolute Gasteiger partial charge is 0.494 e. The van der Waals surface area contributed by atoms with E-state index in [1.807, 2.05) is 36.1 Å². The average Bonchev–Trinajstić information content (AvgIpc) is 3.26. The van der Waals surface area contributed by atoms with Gasteiger partial charge in [0, 0.05) is 37.5 Å². The maximum Gasteiger partial charge on any atom is 0.253 e. The number of fused-ring (bicyclic) bond motifs is 1. The Hall–Kier alpha value is -2.37. The summed E-state index contributed by atoms with van der Waals surface area (Å²) in [6, 6.07) is 7.44. The minimum Gasteiger partial charge on any atom is -0.494 e. The molecule has 6 nitrogen and oxygen atoms in total. The van der Waals surface area contributed by atoms with E-state index >= 15 is 0 Å². The molecule has 25 heavy (non-hydrogen) atoms. The Balaban J connectivity index is 1.47. The third-order valence-electron chi connectivity index (χ3n) is 5.12. The lowest BCUT2D eigenvalue weighted by Gasteiger charge is -2.32. The quantitative estimate of drug-likeness (QED) is 0.858. The van der Waals surface area contributed by atoms with Gasteiger partial charge < -0.3 is 14.2 Å². The summed E-state index contributed by atoms with van der Waals surface area (Å²) in [6.07, 6.45) is 4.26. The van der Waals surface area contributed by atoms with Crippen molar-refractivity contribution in [2.24, 2.45) is 0 Å². The molecule has 6 heteroatoms. The topological polar surface area (TPSA) is 60.2 Å². The maximum absolute atomic E-state index is 12.9. The van der Waals surface area contributed by atoms with Gasteiger partial charge in [-0.15, -0.1) is 10.2 Å². The van der Waals surface area contributed by atoms with Crippen molar-refractivity contribution in [3.63, 3.8) is 0 Å². The van der Waals surface area contributed by atoms with Gasteiger partial charge in [-0.05, 0) is 50.5 Å². The van der Waals surface area contributed by atoms with Crippen molar-refractivity contribution in [2.75, 3.05) is 19.7 Å². The molecular formula is C19H24N4O2. The van der Waals surface area contributed by atoms with Gasteiger partial charge in [0.25, 0.3) is 5.91 Å². The number of rotatable bonds is 4. The van der Waals surface area contributed by atoms with E-state index in [2.05, 4.69) is 14.8 Å². The van der Waals surface area contributed by atoms with E-state index in [0.717, 1.165) is 68.3 Å². The molecule has 0 N–H and O–H groups in total. The molecule has 4 rings (SSSR count). The number of amides is 1. The number of hydrogen-bond acceptors (Lipinski definition) is 4. The number of likely N-dealkylation sites (tertiary alicyclic amines) is 1. The highest BCUT2D eigenvalue weighted by atomic mass is 16.5. The molecular weight excluding hydrogens is 316 g/mol. The zero-order valence-corrected chi connectivity index (χ0v) is 14.6. The molecule has 0 unspecified atom stereocenters. The molecule has 1 atom stereocenters. The highest BCUT2D eigenvalue weighted by Gasteiger charge is 2.30. The number of nitrogens with zero attached hydrogens (tertiary/aromatic N) is 4. The number of piperidine rings is 1. The monoisotopic (exact) mass is 340 g/mol. The third kappa shape index (κ3) is 3.13. The summed E-state index contributed by atoms with van der Waals surface area (Å²) >= 11 is 0. The van der Waals surface area contributed by atoms with E-state index in [-0.39, 0.29) is 5.91 Å². The summed E-state index contributed by atoms with van der Waals surface area (Å²) in [5.74, 6) is 3.35. The second kappa shape index (κ2) is 6.86. The second-order valence-corrected chi connectivity index (χ2v) is 6.78. The molecule has 0 bridgehead atoms. The highest BCUT2D eigenvalue weighted by molar-refractivity contribution is 5.94. The van der Waals surface area contributed by atoms with Crippen molar-refractivity contribution in [3.05, 3.63) is 41.5 Å². The minimum absolute atomic E-state index is 0.0916. The summed E-state index contributed by atoms with van der Waals surface area (Å²) in [5.41, 5.74) is 0.718. The first-order valence-electron chi connectivity index (χ1n) is 9.20. The normalized spacial score (nSPS) is 19.7. The molecule has 1 fully saturated rings. The number of ether oxygens (including phenoxy) is 1. The van der Waals surface area contributed by atoms with Crippen LogP contribution in [0, 0.1) is 0 Å². The Morgan fingerprint density at radius 3 is 2.84 bits per heavy atom. The van der Waals surface area contributed by atoms with Gasteiger partial charge in [-0.3, -0.25) is 4.79 Å². The van der Waals surface area contributed by atoms with E-state index in [1.54, 1.807) is 0 Å². The molecule has 0 aliphatic carbocycles. The van der Waals surface area contributed by atoms with Crippen LogP contribution in [0.15, 0.2) is 24.3 Å². The molecule has 2 aromatic rings. The Bertz CT molecular complexity index is 753. The van der Waals surface area contributed by atoms with Gasteiger partial charge in [-0.1, -0.05) is 0 Å². The Labute approximate surface area is 147 Å². The van der Waals surface area contributed by atoms with Crippen LogP contribution in [0.25, 0.3) is 0 Å². The fraction of sp³-hybridized carbons (Fsp3) is 0.526. The molecule has 1 saturated heterocycles. The Morgan fingerprint density at radius 2 is 2.04 bits per heavy atom. The first kappa shape index (κ1) is 16.1. The van der Waals surface area contributed by atoms with Gasteiger partial charge in [0.05, 0.1) is 6.61 Å². The second-order valence-electron chi connectivity index (χ2n) is 6.78. The van der Waals surface area contributed by atoms with E-state index < -0.39 is 0 Å². The number of hydrogen-bond donors (Lipinski definition) is 0. The van der Waals surface area contributed by atoms with Crippen LogP contribution in [-0.4, -0.2) is 45.3 Å². The lowest BCUT2D eigenvalue weighted by atomic mass is 9.96. The summed E-state index contributed by atoms with van der Waals surface area (Å²) in [6.45, 7) is 5.13. The third-order valence-corrected chi connectivity index (χ3v) is 5.12. The summed E-state index contributed by atoms with van der Waals surface area (Å²) in [7, 11) is 0. The lowest BCUT2D eigenvalue weighted by Crippen LogP contribution is -2.39. The number of carbonyl (C=O) groups is 1. The molecule has 132 valence electrons. The van der Waals surface area contributed by atoms with Crippen LogP contribution < -0.4 is 4.74 Å². The first-order valence-corrected chi connectivity index (χ1v) is 9.20. The van der Waals surface area contributed by atoms with Crippen molar-refractivity contribution in [3.8, 4) is 5.75 Å². The van der Waals surface area contributed by atoms with Crippen molar-refractivity contribution < 1.29 is 9.53 Å². The van der Waals surface area contributed by atoms with Crippen molar-refractivity contribution >= 4 is 5.91 Å². The van der Waals surface area contributed by atoms with Crippen LogP contribution in [0.1, 0.15) is 54.1 Å². The standard InChI is InChI=1S/C19H24N4O2/c1-2-25-16-9-7-14(8-10-16)19(24)22-11-3-5-15(13-22)18-21-20-17-6-4-12-23(17)18/h7-10,15H,2-6,11-13H2,1H3/t15-/m1/s1. The van der Waals surface area contributed by atoms with E-state index in [1.165, 1.54) is 0 Å². The first-order chi connectivity index (χ1) is 12.3. The molecule has 1 aromatic heterocycles. The summed E-state index contributed by atoms with van der Waals surface area (Å²) < 4.78 is 7.71. The maximum atomic E-state index is 12.9. The van der Waals surface area contributed by atoms with Gasteiger partial charge in [0.2, 0.25) is 0 Å². The van der Waals surface area contributed by atoms with Gasteiger partial charge in [0.15, 0.2) is 0 Å². The average molecular weight is 340 g/mol. The fourth-order valence-corrected chi connectivity index (χ4v) is 3.89. The predicted octanol–water partition coefficient (Wildman–Crippen LogP) is 2.64. The van der Waals surface area contributed by atoms with Crippen molar-refractivity contribution in [2.45, 2.75) is 45.1 Å². The SMILES string of the molecule is CCOc1ccc(C(=O)N2CCC[C@@H](c3nnc4n3CCC4)C2)cc1. The van der Waals surface area contributed by atoms with Crippen LogP contribution in [0.4, 0.5) is 0 Å². The van der Waals surface area contributed by atoms with E-state index in [0.29, 0.717) is 12.5 Å². The Morgan fingerprint density at radius 1 is 1.20 bits per heavy atom. The van der Waals surface area contributed by atoms with E-state index in [4.69, 9.17) is 4.74 Å². The van der Waals surface area contributed by atoms with Gasteiger partial charge in [-0.25, -0.2) is 0 Å². The highest BCUT2D eigenvalue weighted by Crippen LogP contribution is 2.29. The number of carbonyl (C=O) groups excluding carboxylic acids is 1. The lowest BCUT2D eigenvalue weighted by molar-refractivity contribution is 0.0703. The molecule has 1 aromatic carbocycles. The molecule has 3 heterocycles. The summed E-state index contributed by atoms with van der Waals surface area (Å²) in [5, 5.41) is 8.74. The Kier molecular flexibility index (Phi) is 4.42. The molecule has 0 spiro atoms. The smallest absolute Gasteiger partial charge is 0.253 e. The van der Waals surface area contributed by atoms with Gasteiger partial charge in [-0.2, -0.15) is 0 Å². The number of aryl methyl sites for hydroxylation is 1. The van der Waals surface area contributed by atoms with Crippen LogP contribution in [0.5, 0.6) is 5.75 Å². The molecule has 2 aliphatic heterocycles. The van der Waals surface area contributed by atoms with Crippen molar-refractivity contribution in [1.29, 1.82) is 0 Å². The van der Waals surface area contributed by atoms with Crippen LogP contribution >= 0.6 is 0 Å². The number of aromatic nitrogens is 3. The minimum atomic E-state index is 0.0916. The number of benzene rings is 1. The molecule has 1 amide bonds. The zero-order valence-electron chi connectivity index (χ0n) is 14.6. The molecule has 0 saturated carbocycles. The van der Waals surface area contributed by atoms with Crippen LogP contribution in [0.2, 0.25) is 0 Å². The van der Waals surface area contributed by atoms with E-state index in [9.17, 15) is 4.79 Å².